The Morgan fingerprint density at radius 1 is 1.38 bits per heavy atom. The third-order valence-corrected chi connectivity index (χ3v) is 5.23. The van der Waals surface area contributed by atoms with Gasteiger partial charge >= 0.3 is 5.97 Å². The zero-order valence-electron chi connectivity index (χ0n) is 10.5. The van der Waals surface area contributed by atoms with Crippen molar-refractivity contribution >= 4 is 33.0 Å². The molecule has 0 bridgehead atoms. The minimum atomic E-state index is -3.78. The topological polar surface area (TPSA) is 120 Å². The smallest absolute Gasteiger partial charge is 0.309 e. The van der Waals surface area contributed by atoms with Crippen molar-refractivity contribution in [3.05, 3.63) is 41.0 Å². The van der Waals surface area contributed by atoms with Crippen molar-refractivity contribution in [2.24, 2.45) is 0 Å². The number of pyridine rings is 1. The minimum absolute atomic E-state index is 0.0219. The normalized spacial score (nSPS) is 10.8. The molecule has 0 spiro atoms. The van der Waals surface area contributed by atoms with Crippen molar-refractivity contribution in [3.63, 3.8) is 0 Å². The van der Waals surface area contributed by atoms with Gasteiger partial charge in [-0.25, -0.2) is 8.42 Å². The number of carbonyl (C=O) groups is 1. The number of sulfonamides is 1. The van der Waals surface area contributed by atoms with E-state index in [0.717, 1.165) is 11.3 Å². The van der Waals surface area contributed by atoms with E-state index in [0.29, 0.717) is 10.6 Å². The Hall–Kier alpha value is -2.44. The van der Waals surface area contributed by atoms with E-state index in [-0.39, 0.29) is 16.3 Å². The highest BCUT2D eigenvalue weighted by Gasteiger charge is 2.17. The van der Waals surface area contributed by atoms with Gasteiger partial charge in [0.25, 0.3) is 10.0 Å². The molecule has 0 atom stereocenters. The maximum atomic E-state index is 12.1. The third kappa shape index (κ3) is 3.77. The Labute approximate surface area is 124 Å². The minimum Gasteiger partial charge on any atom is -0.481 e. The zero-order valence-corrected chi connectivity index (χ0v) is 12.1. The second kappa shape index (κ2) is 5.90. The zero-order chi connectivity index (χ0) is 15.5. The molecule has 0 radical (unpaired) electrons. The van der Waals surface area contributed by atoms with Crippen LogP contribution < -0.4 is 4.72 Å². The molecule has 2 aromatic rings. The van der Waals surface area contributed by atoms with E-state index < -0.39 is 16.0 Å². The van der Waals surface area contributed by atoms with Crippen LogP contribution in [0.25, 0.3) is 0 Å². The molecule has 0 unspecified atom stereocenters. The molecule has 2 aromatic heterocycles. The van der Waals surface area contributed by atoms with Gasteiger partial charge in [0.15, 0.2) is 0 Å². The molecule has 108 valence electrons. The van der Waals surface area contributed by atoms with E-state index in [1.54, 1.807) is 0 Å². The highest BCUT2D eigenvalue weighted by Crippen LogP contribution is 2.23. The lowest BCUT2D eigenvalue weighted by Crippen LogP contribution is -2.12. The summed E-state index contributed by atoms with van der Waals surface area (Å²) >= 11 is 0.861. The van der Waals surface area contributed by atoms with Crippen molar-refractivity contribution in [2.75, 3.05) is 4.72 Å². The van der Waals surface area contributed by atoms with Gasteiger partial charge in [-0.2, -0.15) is 5.26 Å². The van der Waals surface area contributed by atoms with Crippen LogP contribution in [-0.2, 0) is 21.2 Å². The van der Waals surface area contributed by atoms with Gasteiger partial charge in [0, 0.05) is 0 Å². The van der Waals surface area contributed by atoms with Gasteiger partial charge < -0.3 is 5.11 Å². The summed E-state index contributed by atoms with van der Waals surface area (Å²) < 4.78 is 26.5. The Morgan fingerprint density at radius 3 is 2.67 bits per heavy atom. The number of aromatic nitrogens is 1. The van der Waals surface area contributed by atoms with Gasteiger partial charge in [0.1, 0.15) is 15.2 Å². The first-order valence-corrected chi connectivity index (χ1v) is 7.90. The highest BCUT2D eigenvalue weighted by molar-refractivity contribution is 7.94. The predicted molar refractivity (Wildman–Crippen MR) is 75.4 cm³/mol. The van der Waals surface area contributed by atoms with Gasteiger partial charge in [0.05, 0.1) is 24.0 Å². The number of aliphatic carboxylic acids is 1. The van der Waals surface area contributed by atoms with Crippen molar-refractivity contribution in [2.45, 2.75) is 10.6 Å². The maximum Gasteiger partial charge on any atom is 0.309 e. The summed E-state index contributed by atoms with van der Waals surface area (Å²) in [6, 6.07) is 7.50. The molecule has 0 aliphatic carbocycles. The van der Waals surface area contributed by atoms with Crippen LogP contribution >= 0.6 is 11.3 Å². The number of nitrogens with zero attached hydrogens (tertiary/aromatic N) is 2. The number of hydrogen-bond donors (Lipinski definition) is 2. The Morgan fingerprint density at radius 2 is 2.14 bits per heavy atom. The van der Waals surface area contributed by atoms with Gasteiger partial charge in [0.2, 0.25) is 0 Å². The van der Waals surface area contributed by atoms with Gasteiger partial charge in [-0.05, 0) is 24.3 Å². The Bertz CT molecular complexity index is 804. The van der Waals surface area contributed by atoms with Gasteiger partial charge in [-0.15, -0.1) is 11.3 Å². The SMILES string of the molecule is N#Cc1ccc(S(=O)(=O)Nc2ccc(CC(=O)O)nc2)s1. The van der Waals surface area contributed by atoms with E-state index in [4.69, 9.17) is 10.4 Å². The van der Waals surface area contributed by atoms with E-state index in [1.165, 1.54) is 30.5 Å². The van der Waals surface area contributed by atoms with Crippen LogP contribution in [-0.4, -0.2) is 24.5 Å². The highest BCUT2D eigenvalue weighted by atomic mass is 32.2. The van der Waals surface area contributed by atoms with Crippen molar-refractivity contribution in [1.82, 2.24) is 4.98 Å². The number of hydrogen-bond acceptors (Lipinski definition) is 6. The number of nitriles is 1. The van der Waals surface area contributed by atoms with E-state index >= 15 is 0 Å². The molecule has 0 amide bonds. The molecule has 2 heterocycles. The summed E-state index contributed by atoms with van der Waals surface area (Å²) in [5.41, 5.74) is 0.546. The summed E-state index contributed by atoms with van der Waals surface area (Å²) in [5.74, 6) is -1.02. The lowest BCUT2D eigenvalue weighted by atomic mass is 10.3. The number of carboxylic acids is 1. The maximum absolute atomic E-state index is 12.1. The van der Waals surface area contributed by atoms with Crippen LogP contribution in [0.15, 0.2) is 34.7 Å². The molecule has 0 fully saturated rings. The monoisotopic (exact) mass is 323 g/mol. The first-order valence-electron chi connectivity index (χ1n) is 5.60. The van der Waals surface area contributed by atoms with Crippen LogP contribution in [0, 0.1) is 11.3 Å². The van der Waals surface area contributed by atoms with Gasteiger partial charge in [-0.3, -0.25) is 14.5 Å². The molecule has 9 heteroatoms. The average molecular weight is 323 g/mol. The molecule has 0 aliphatic heterocycles. The predicted octanol–water partition coefficient (Wildman–Crippen LogP) is 1.44. The molecule has 2 rings (SSSR count). The molecular weight excluding hydrogens is 314 g/mol. The number of carboxylic acid groups (broad SMARTS) is 1. The molecular formula is C12H9N3O4S2. The summed E-state index contributed by atoms with van der Waals surface area (Å²) in [7, 11) is -3.78. The lowest BCUT2D eigenvalue weighted by molar-refractivity contribution is -0.136. The molecule has 0 saturated carbocycles. The second-order valence-corrected chi connectivity index (χ2v) is 6.94. The first kappa shape index (κ1) is 15.0. The average Bonchev–Trinajstić information content (AvgIpc) is 2.90. The summed E-state index contributed by atoms with van der Waals surface area (Å²) in [4.78, 5) is 14.7. The van der Waals surface area contributed by atoms with Crippen LogP contribution in [0.2, 0.25) is 0 Å². The third-order valence-electron chi connectivity index (χ3n) is 2.37. The molecule has 2 N–H and O–H groups in total. The number of thiophene rings is 1. The van der Waals surface area contributed by atoms with Crippen molar-refractivity contribution in [3.8, 4) is 6.07 Å². The van der Waals surface area contributed by atoms with Crippen LogP contribution in [0.4, 0.5) is 5.69 Å². The van der Waals surface area contributed by atoms with Crippen LogP contribution in [0.5, 0.6) is 0 Å². The van der Waals surface area contributed by atoms with Crippen molar-refractivity contribution < 1.29 is 18.3 Å². The summed E-state index contributed by atoms with van der Waals surface area (Å²) in [6.45, 7) is 0. The number of rotatable bonds is 5. The molecule has 7 nitrogen and oxygen atoms in total. The molecule has 0 aromatic carbocycles. The Kier molecular flexibility index (Phi) is 4.21. The van der Waals surface area contributed by atoms with Crippen molar-refractivity contribution in [1.29, 1.82) is 5.26 Å². The lowest BCUT2D eigenvalue weighted by Gasteiger charge is -2.06. The molecule has 0 aliphatic rings. The summed E-state index contributed by atoms with van der Waals surface area (Å²) in [5, 5.41) is 17.3. The quantitative estimate of drug-likeness (QED) is 0.859. The fourth-order valence-corrected chi connectivity index (χ4v) is 3.62. The van der Waals surface area contributed by atoms with Gasteiger partial charge in [-0.1, -0.05) is 0 Å². The van der Waals surface area contributed by atoms with E-state index in [9.17, 15) is 13.2 Å². The van der Waals surface area contributed by atoms with E-state index in [2.05, 4.69) is 9.71 Å². The number of anilines is 1. The molecule has 21 heavy (non-hydrogen) atoms. The fourth-order valence-electron chi connectivity index (χ4n) is 1.47. The first-order chi connectivity index (χ1) is 9.90. The number of nitrogens with one attached hydrogen (secondary N) is 1. The largest absolute Gasteiger partial charge is 0.481 e. The summed E-state index contributed by atoms with van der Waals surface area (Å²) in [6.07, 6.45) is 1.01. The fraction of sp³-hybridized carbons (Fsp3) is 0.0833. The Balaban J connectivity index is 2.17. The second-order valence-electron chi connectivity index (χ2n) is 3.94. The van der Waals surface area contributed by atoms with Crippen LogP contribution in [0.3, 0.4) is 0 Å². The van der Waals surface area contributed by atoms with Crippen LogP contribution in [0.1, 0.15) is 10.6 Å². The standard InChI is InChI=1S/C12H9N3O4S2/c13-6-10-3-4-12(20-10)21(18,19)15-9-2-1-8(14-7-9)5-11(16)17/h1-4,7,15H,5H2,(H,16,17). The molecule has 0 saturated heterocycles. The van der Waals surface area contributed by atoms with E-state index in [1.807, 2.05) is 6.07 Å².